The number of hydrogen-bond acceptors (Lipinski definition) is 3. The van der Waals surface area contributed by atoms with Gasteiger partial charge in [-0.25, -0.2) is 0 Å². The van der Waals surface area contributed by atoms with E-state index < -0.39 is 0 Å². The first-order valence-corrected chi connectivity index (χ1v) is 5.25. The van der Waals surface area contributed by atoms with Crippen molar-refractivity contribution in [1.29, 1.82) is 0 Å². The smallest absolute Gasteiger partial charge is 0.150 e. The highest BCUT2D eigenvalue weighted by Crippen LogP contribution is 2.31. The van der Waals surface area contributed by atoms with Gasteiger partial charge in [-0.15, -0.1) is 0 Å². The van der Waals surface area contributed by atoms with Gasteiger partial charge >= 0.3 is 0 Å². The summed E-state index contributed by atoms with van der Waals surface area (Å²) < 4.78 is 12.0. The van der Waals surface area contributed by atoms with Crippen LogP contribution in [0.4, 0.5) is 0 Å². The highest BCUT2D eigenvalue weighted by Gasteiger charge is 2.05. The summed E-state index contributed by atoms with van der Waals surface area (Å²) in [7, 11) is 1.64. The number of aromatic nitrogens is 1. The standard InChI is InChI=1S/C8H9Br2NO2/c1-12-2-3-13-8-6(9)4-11-5-7(8)10/h4-5H,2-3H2,1H3. The number of halogens is 2. The molecular weight excluding hydrogens is 302 g/mol. The van der Waals surface area contributed by atoms with Gasteiger partial charge in [0.15, 0.2) is 5.75 Å². The van der Waals surface area contributed by atoms with Crippen LogP contribution < -0.4 is 4.74 Å². The third kappa shape index (κ3) is 3.25. The summed E-state index contributed by atoms with van der Waals surface area (Å²) in [5.74, 6) is 0.757. The van der Waals surface area contributed by atoms with E-state index in [4.69, 9.17) is 9.47 Å². The predicted molar refractivity (Wildman–Crippen MR) is 57.0 cm³/mol. The average molecular weight is 311 g/mol. The van der Waals surface area contributed by atoms with Gasteiger partial charge < -0.3 is 9.47 Å². The van der Waals surface area contributed by atoms with Gasteiger partial charge in [0.05, 0.1) is 15.6 Å². The molecule has 72 valence electrons. The van der Waals surface area contributed by atoms with Crippen LogP contribution in [0.15, 0.2) is 21.3 Å². The van der Waals surface area contributed by atoms with Gasteiger partial charge in [0.2, 0.25) is 0 Å². The topological polar surface area (TPSA) is 31.4 Å². The van der Waals surface area contributed by atoms with Crippen LogP contribution in [-0.2, 0) is 4.74 Å². The van der Waals surface area contributed by atoms with Crippen LogP contribution >= 0.6 is 31.9 Å². The first kappa shape index (κ1) is 10.9. The second-order valence-electron chi connectivity index (χ2n) is 2.27. The normalized spacial score (nSPS) is 10.1. The Hall–Kier alpha value is -0.130. The number of nitrogens with zero attached hydrogens (tertiary/aromatic N) is 1. The van der Waals surface area contributed by atoms with E-state index in [1.165, 1.54) is 0 Å². The molecule has 0 unspecified atom stereocenters. The van der Waals surface area contributed by atoms with E-state index in [9.17, 15) is 0 Å². The second-order valence-corrected chi connectivity index (χ2v) is 3.98. The van der Waals surface area contributed by atoms with E-state index >= 15 is 0 Å². The van der Waals surface area contributed by atoms with E-state index in [0.717, 1.165) is 14.7 Å². The maximum Gasteiger partial charge on any atom is 0.150 e. The molecule has 0 radical (unpaired) electrons. The Morgan fingerprint density at radius 2 is 1.85 bits per heavy atom. The summed E-state index contributed by atoms with van der Waals surface area (Å²) in [6.07, 6.45) is 3.37. The minimum Gasteiger partial charge on any atom is -0.489 e. The van der Waals surface area contributed by atoms with Crippen molar-refractivity contribution < 1.29 is 9.47 Å². The minimum absolute atomic E-state index is 0.526. The van der Waals surface area contributed by atoms with Crippen molar-refractivity contribution in [2.75, 3.05) is 20.3 Å². The van der Waals surface area contributed by atoms with Crippen molar-refractivity contribution in [2.24, 2.45) is 0 Å². The van der Waals surface area contributed by atoms with E-state index in [0.29, 0.717) is 13.2 Å². The molecule has 0 saturated heterocycles. The zero-order chi connectivity index (χ0) is 9.68. The lowest BCUT2D eigenvalue weighted by Gasteiger charge is -2.08. The molecule has 0 saturated carbocycles. The van der Waals surface area contributed by atoms with Crippen LogP contribution in [0.5, 0.6) is 5.75 Å². The first-order valence-electron chi connectivity index (χ1n) is 3.66. The molecule has 1 aromatic rings. The van der Waals surface area contributed by atoms with Crippen molar-refractivity contribution in [3.8, 4) is 5.75 Å². The zero-order valence-electron chi connectivity index (χ0n) is 7.09. The molecule has 0 spiro atoms. The lowest BCUT2D eigenvalue weighted by Crippen LogP contribution is -2.05. The van der Waals surface area contributed by atoms with Crippen molar-refractivity contribution in [3.63, 3.8) is 0 Å². The molecule has 3 nitrogen and oxygen atoms in total. The van der Waals surface area contributed by atoms with Gasteiger partial charge in [-0.1, -0.05) is 0 Å². The Bertz CT molecular complexity index is 261. The lowest BCUT2D eigenvalue weighted by atomic mass is 10.4. The Balaban J connectivity index is 2.64. The molecule has 1 rings (SSSR count). The third-order valence-electron chi connectivity index (χ3n) is 1.34. The molecule has 0 N–H and O–H groups in total. The fourth-order valence-corrected chi connectivity index (χ4v) is 1.92. The molecule has 0 aliphatic carbocycles. The SMILES string of the molecule is COCCOc1c(Br)cncc1Br. The van der Waals surface area contributed by atoms with Crippen molar-refractivity contribution in [2.45, 2.75) is 0 Å². The molecule has 13 heavy (non-hydrogen) atoms. The maximum atomic E-state index is 5.45. The highest BCUT2D eigenvalue weighted by atomic mass is 79.9. The maximum absolute atomic E-state index is 5.45. The molecule has 0 atom stereocenters. The summed E-state index contributed by atoms with van der Waals surface area (Å²) in [4.78, 5) is 3.97. The Labute approximate surface area is 93.7 Å². The number of ether oxygens (including phenoxy) is 2. The summed E-state index contributed by atoms with van der Waals surface area (Å²) in [5.41, 5.74) is 0. The van der Waals surface area contributed by atoms with Crippen molar-refractivity contribution >= 4 is 31.9 Å². The van der Waals surface area contributed by atoms with Crippen LogP contribution in [0, 0.1) is 0 Å². The van der Waals surface area contributed by atoms with Crippen molar-refractivity contribution in [1.82, 2.24) is 4.98 Å². The van der Waals surface area contributed by atoms with Gasteiger partial charge in [-0.2, -0.15) is 0 Å². The van der Waals surface area contributed by atoms with E-state index in [1.54, 1.807) is 19.5 Å². The predicted octanol–water partition coefficient (Wildman–Crippen LogP) is 2.63. The van der Waals surface area contributed by atoms with Gasteiger partial charge in [0.25, 0.3) is 0 Å². The summed E-state index contributed by atoms with van der Waals surface area (Å²) in [6, 6.07) is 0. The fraction of sp³-hybridized carbons (Fsp3) is 0.375. The molecule has 0 bridgehead atoms. The van der Waals surface area contributed by atoms with Crippen LogP contribution in [0.1, 0.15) is 0 Å². The molecule has 0 amide bonds. The van der Waals surface area contributed by atoms with Crippen LogP contribution in [-0.4, -0.2) is 25.3 Å². The number of methoxy groups -OCH3 is 1. The van der Waals surface area contributed by atoms with Gasteiger partial charge in [-0.3, -0.25) is 4.98 Å². The number of rotatable bonds is 4. The van der Waals surface area contributed by atoms with Crippen molar-refractivity contribution in [3.05, 3.63) is 21.3 Å². The molecule has 5 heteroatoms. The number of pyridine rings is 1. The zero-order valence-corrected chi connectivity index (χ0v) is 10.3. The van der Waals surface area contributed by atoms with Gasteiger partial charge in [0.1, 0.15) is 6.61 Å². The van der Waals surface area contributed by atoms with E-state index in [-0.39, 0.29) is 0 Å². The second kappa shape index (κ2) is 5.57. The highest BCUT2D eigenvalue weighted by molar-refractivity contribution is 9.11. The third-order valence-corrected chi connectivity index (χ3v) is 2.47. The Kier molecular flexibility index (Phi) is 4.69. The number of hydrogen-bond donors (Lipinski definition) is 0. The Morgan fingerprint density at radius 1 is 1.23 bits per heavy atom. The average Bonchev–Trinajstić information content (AvgIpc) is 2.10. The lowest BCUT2D eigenvalue weighted by molar-refractivity contribution is 0.145. The molecule has 0 fully saturated rings. The molecule has 0 aromatic carbocycles. The van der Waals surface area contributed by atoms with E-state index in [2.05, 4.69) is 36.8 Å². The molecule has 1 aromatic heterocycles. The van der Waals surface area contributed by atoms with Gasteiger partial charge in [-0.05, 0) is 31.9 Å². The monoisotopic (exact) mass is 309 g/mol. The quantitative estimate of drug-likeness (QED) is 0.801. The summed E-state index contributed by atoms with van der Waals surface area (Å²) in [5, 5.41) is 0. The molecular formula is C8H9Br2NO2. The summed E-state index contributed by atoms with van der Waals surface area (Å²) in [6.45, 7) is 1.10. The largest absolute Gasteiger partial charge is 0.489 e. The van der Waals surface area contributed by atoms with Crippen LogP contribution in [0.3, 0.4) is 0 Å². The van der Waals surface area contributed by atoms with Crippen LogP contribution in [0.2, 0.25) is 0 Å². The summed E-state index contributed by atoms with van der Waals surface area (Å²) >= 11 is 6.68. The molecule has 0 aliphatic heterocycles. The molecule has 0 aliphatic rings. The Morgan fingerprint density at radius 3 is 2.38 bits per heavy atom. The van der Waals surface area contributed by atoms with Gasteiger partial charge in [0, 0.05) is 19.5 Å². The van der Waals surface area contributed by atoms with E-state index in [1.807, 2.05) is 0 Å². The molecule has 1 heterocycles. The fourth-order valence-electron chi connectivity index (χ4n) is 0.764. The minimum atomic E-state index is 0.526. The first-order chi connectivity index (χ1) is 6.25. The van der Waals surface area contributed by atoms with Crippen LogP contribution in [0.25, 0.3) is 0 Å².